The predicted octanol–water partition coefficient (Wildman–Crippen LogP) is 2.47. The Kier molecular flexibility index (Phi) is 4.94. The van der Waals surface area contributed by atoms with Gasteiger partial charge in [-0.15, -0.1) is 0 Å². The van der Waals surface area contributed by atoms with Crippen LogP contribution < -0.4 is 11.5 Å². The summed E-state index contributed by atoms with van der Waals surface area (Å²) < 4.78 is 0. The third-order valence-electron chi connectivity index (χ3n) is 2.27. The molecule has 0 heterocycles. The lowest BCUT2D eigenvalue weighted by Crippen LogP contribution is -2.11. The summed E-state index contributed by atoms with van der Waals surface area (Å²) >= 11 is 6.03. The van der Waals surface area contributed by atoms with Gasteiger partial charge in [-0.2, -0.15) is 0 Å². The molecule has 1 aromatic rings. The quantitative estimate of drug-likeness (QED) is 0.737. The summed E-state index contributed by atoms with van der Waals surface area (Å²) in [5.74, 6) is 0. The van der Waals surface area contributed by atoms with Gasteiger partial charge in [-0.3, -0.25) is 0 Å². The van der Waals surface area contributed by atoms with Crippen molar-refractivity contribution in [1.82, 2.24) is 0 Å². The zero-order valence-electron chi connectivity index (χ0n) is 8.25. The number of hydrogen-bond donors (Lipinski definition) is 2. The van der Waals surface area contributed by atoms with E-state index in [9.17, 15) is 0 Å². The van der Waals surface area contributed by atoms with Gasteiger partial charge in [0.25, 0.3) is 0 Å². The van der Waals surface area contributed by atoms with E-state index in [1.165, 1.54) is 0 Å². The molecule has 0 saturated heterocycles. The van der Waals surface area contributed by atoms with Crippen molar-refractivity contribution < 1.29 is 0 Å². The van der Waals surface area contributed by atoms with E-state index in [0.717, 1.165) is 36.4 Å². The molecule has 0 spiro atoms. The van der Waals surface area contributed by atoms with E-state index in [4.69, 9.17) is 23.1 Å². The molecule has 14 heavy (non-hydrogen) atoms. The maximum absolute atomic E-state index is 6.03. The van der Waals surface area contributed by atoms with E-state index in [1.54, 1.807) is 0 Å². The molecule has 0 amide bonds. The molecule has 0 unspecified atom stereocenters. The van der Waals surface area contributed by atoms with Crippen LogP contribution in [0.15, 0.2) is 24.3 Å². The molecule has 3 heteroatoms. The Balaban J connectivity index is 2.51. The van der Waals surface area contributed by atoms with Crippen LogP contribution in [0.25, 0.3) is 0 Å². The molecule has 0 aliphatic rings. The van der Waals surface area contributed by atoms with Gasteiger partial charge >= 0.3 is 0 Å². The van der Waals surface area contributed by atoms with Crippen LogP contribution in [0.2, 0.25) is 5.02 Å². The van der Waals surface area contributed by atoms with Gasteiger partial charge in [0.05, 0.1) is 0 Å². The maximum atomic E-state index is 6.03. The highest BCUT2D eigenvalue weighted by Crippen LogP contribution is 2.24. The number of rotatable bonds is 5. The lowest BCUT2D eigenvalue weighted by molar-refractivity contribution is 0.591. The van der Waals surface area contributed by atoms with Gasteiger partial charge in [0.15, 0.2) is 0 Å². The van der Waals surface area contributed by atoms with Crippen molar-refractivity contribution >= 4 is 11.6 Å². The van der Waals surface area contributed by atoms with Crippen LogP contribution in [0.1, 0.15) is 30.9 Å². The molecule has 1 atom stereocenters. The molecule has 0 aliphatic heterocycles. The average molecular weight is 213 g/mol. The fourth-order valence-electron chi connectivity index (χ4n) is 1.44. The van der Waals surface area contributed by atoms with Gasteiger partial charge in [-0.25, -0.2) is 0 Å². The van der Waals surface area contributed by atoms with Gasteiger partial charge < -0.3 is 11.5 Å². The second kappa shape index (κ2) is 6.02. The molecule has 78 valence electrons. The zero-order valence-corrected chi connectivity index (χ0v) is 9.00. The molecule has 4 N–H and O–H groups in total. The third kappa shape index (κ3) is 3.29. The Bertz CT molecular complexity index is 276. The average Bonchev–Trinajstić information content (AvgIpc) is 2.18. The van der Waals surface area contributed by atoms with E-state index in [0.29, 0.717) is 0 Å². The fourth-order valence-corrected chi connectivity index (χ4v) is 1.72. The Morgan fingerprint density at radius 2 is 1.93 bits per heavy atom. The molecular weight excluding hydrogens is 196 g/mol. The molecule has 1 rings (SSSR count). The maximum Gasteiger partial charge on any atom is 0.0453 e. The minimum Gasteiger partial charge on any atom is -0.330 e. The summed E-state index contributed by atoms with van der Waals surface area (Å²) in [7, 11) is 0. The van der Waals surface area contributed by atoms with Crippen LogP contribution in [-0.4, -0.2) is 6.54 Å². The number of benzene rings is 1. The van der Waals surface area contributed by atoms with Gasteiger partial charge in [0.2, 0.25) is 0 Å². The first-order chi connectivity index (χ1) is 6.75. The first-order valence-corrected chi connectivity index (χ1v) is 5.33. The highest BCUT2D eigenvalue weighted by atomic mass is 35.5. The van der Waals surface area contributed by atoms with E-state index in [2.05, 4.69) is 0 Å². The predicted molar refractivity (Wildman–Crippen MR) is 61.3 cm³/mol. The molecule has 0 aliphatic carbocycles. The van der Waals surface area contributed by atoms with Crippen molar-refractivity contribution in [3.63, 3.8) is 0 Å². The lowest BCUT2D eigenvalue weighted by Gasteiger charge is -2.12. The minimum atomic E-state index is 0.0373. The molecule has 0 bridgehead atoms. The number of unbranched alkanes of at least 4 members (excludes halogenated alkanes) is 1. The lowest BCUT2D eigenvalue weighted by atomic mass is 10.0. The van der Waals surface area contributed by atoms with Crippen molar-refractivity contribution in [2.75, 3.05) is 6.54 Å². The summed E-state index contributed by atoms with van der Waals surface area (Å²) in [5, 5.41) is 0.757. The van der Waals surface area contributed by atoms with Crippen molar-refractivity contribution in [2.45, 2.75) is 25.3 Å². The summed E-state index contributed by atoms with van der Waals surface area (Å²) in [4.78, 5) is 0. The molecular formula is C11H17ClN2. The first kappa shape index (κ1) is 11.5. The van der Waals surface area contributed by atoms with Crippen molar-refractivity contribution in [2.24, 2.45) is 11.5 Å². The second-order valence-electron chi connectivity index (χ2n) is 3.41. The topological polar surface area (TPSA) is 52.0 Å². The smallest absolute Gasteiger partial charge is 0.0453 e. The van der Waals surface area contributed by atoms with E-state index in [-0.39, 0.29) is 6.04 Å². The Hall–Kier alpha value is -0.570. The summed E-state index contributed by atoms with van der Waals surface area (Å²) in [6.45, 7) is 0.731. The summed E-state index contributed by atoms with van der Waals surface area (Å²) in [6, 6.07) is 7.77. The molecule has 0 fully saturated rings. The van der Waals surface area contributed by atoms with Gasteiger partial charge in [0.1, 0.15) is 0 Å². The molecule has 0 aromatic heterocycles. The number of halogens is 1. The van der Waals surface area contributed by atoms with Crippen LogP contribution >= 0.6 is 11.6 Å². The zero-order chi connectivity index (χ0) is 10.4. The normalized spacial score (nSPS) is 12.8. The van der Waals surface area contributed by atoms with E-state index >= 15 is 0 Å². The summed E-state index contributed by atoms with van der Waals surface area (Å²) in [6.07, 6.45) is 3.03. The Morgan fingerprint density at radius 1 is 1.21 bits per heavy atom. The van der Waals surface area contributed by atoms with Crippen molar-refractivity contribution in [3.05, 3.63) is 34.9 Å². The van der Waals surface area contributed by atoms with Gasteiger partial charge in [-0.1, -0.05) is 36.2 Å². The number of hydrogen-bond acceptors (Lipinski definition) is 2. The molecule has 0 radical (unpaired) electrons. The monoisotopic (exact) mass is 212 g/mol. The summed E-state index contributed by atoms with van der Waals surface area (Å²) in [5.41, 5.74) is 12.5. The van der Waals surface area contributed by atoms with Crippen LogP contribution in [0, 0.1) is 0 Å². The Labute approximate surface area is 90.2 Å². The molecule has 1 aromatic carbocycles. The fraction of sp³-hybridized carbons (Fsp3) is 0.455. The van der Waals surface area contributed by atoms with Crippen LogP contribution in [0.3, 0.4) is 0 Å². The van der Waals surface area contributed by atoms with Crippen LogP contribution in [0.5, 0.6) is 0 Å². The van der Waals surface area contributed by atoms with Crippen LogP contribution in [-0.2, 0) is 0 Å². The van der Waals surface area contributed by atoms with E-state index < -0.39 is 0 Å². The van der Waals surface area contributed by atoms with Crippen LogP contribution in [0.4, 0.5) is 0 Å². The van der Waals surface area contributed by atoms with Crippen molar-refractivity contribution in [1.29, 1.82) is 0 Å². The standard InChI is InChI=1S/C11H17ClN2/c12-10-6-2-1-5-9(10)11(14)7-3-4-8-13/h1-2,5-6,11H,3-4,7-8,13-14H2/t11-/m1/s1. The Morgan fingerprint density at radius 3 is 2.57 bits per heavy atom. The largest absolute Gasteiger partial charge is 0.330 e. The number of nitrogens with two attached hydrogens (primary N) is 2. The highest BCUT2D eigenvalue weighted by molar-refractivity contribution is 6.31. The highest BCUT2D eigenvalue weighted by Gasteiger charge is 2.08. The second-order valence-corrected chi connectivity index (χ2v) is 3.82. The molecule has 0 saturated carbocycles. The van der Waals surface area contributed by atoms with Gasteiger partial charge in [-0.05, 0) is 31.0 Å². The first-order valence-electron chi connectivity index (χ1n) is 4.95. The minimum absolute atomic E-state index is 0.0373. The van der Waals surface area contributed by atoms with Gasteiger partial charge in [0, 0.05) is 11.1 Å². The van der Waals surface area contributed by atoms with Crippen molar-refractivity contribution in [3.8, 4) is 0 Å². The van der Waals surface area contributed by atoms with E-state index in [1.807, 2.05) is 24.3 Å². The SMILES string of the molecule is NCCCC[C@@H](N)c1ccccc1Cl. The third-order valence-corrected chi connectivity index (χ3v) is 2.62. The molecule has 2 nitrogen and oxygen atoms in total.